The molecule has 2 rings (SSSR count). The molecule has 1 aromatic carbocycles. The molecule has 4 nitrogen and oxygen atoms in total. The molecule has 1 saturated heterocycles. The van der Waals surface area contributed by atoms with E-state index in [4.69, 9.17) is 5.26 Å². The van der Waals surface area contributed by atoms with Crippen molar-refractivity contribution in [2.75, 3.05) is 6.61 Å². The molecule has 1 aliphatic rings. The molecular weight excluding hydrogens is 230 g/mol. The molecule has 88 valence electrons. The van der Waals surface area contributed by atoms with Crippen molar-refractivity contribution in [3.05, 3.63) is 35.4 Å². The van der Waals surface area contributed by atoms with Gasteiger partial charge in [-0.25, -0.2) is 13.6 Å². The number of carbonyl (C=O) groups excluding carboxylic acids is 1. The van der Waals surface area contributed by atoms with Gasteiger partial charge in [-0.2, -0.15) is 5.26 Å². The number of nitrogens with zero attached hydrogens (tertiary/aromatic N) is 1. The summed E-state index contributed by atoms with van der Waals surface area (Å²) in [5, 5.41) is 10.9. The Morgan fingerprint density at radius 3 is 2.88 bits per heavy atom. The van der Waals surface area contributed by atoms with E-state index in [1.807, 2.05) is 11.4 Å². The number of alkyl carbamates (subject to hydrolysis) is 1. The summed E-state index contributed by atoms with van der Waals surface area (Å²) in [6, 6.07) is 6.21. The van der Waals surface area contributed by atoms with Gasteiger partial charge < -0.3 is 10.1 Å². The highest BCUT2D eigenvalue weighted by atomic mass is 19.3. The van der Waals surface area contributed by atoms with Crippen LogP contribution >= 0.6 is 0 Å². The van der Waals surface area contributed by atoms with Crippen molar-refractivity contribution in [1.29, 1.82) is 5.26 Å². The molecule has 1 aromatic rings. The van der Waals surface area contributed by atoms with E-state index in [2.05, 4.69) is 4.74 Å². The number of halogens is 2. The Kier molecular flexibility index (Phi) is 2.68. The summed E-state index contributed by atoms with van der Waals surface area (Å²) in [7, 11) is 0. The third-order valence-electron chi connectivity index (χ3n) is 2.47. The van der Waals surface area contributed by atoms with Crippen molar-refractivity contribution < 1.29 is 18.3 Å². The van der Waals surface area contributed by atoms with Gasteiger partial charge in [0.2, 0.25) is 0 Å². The van der Waals surface area contributed by atoms with Crippen LogP contribution < -0.4 is 5.32 Å². The van der Waals surface area contributed by atoms with Crippen molar-refractivity contribution >= 4 is 6.09 Å². The Morgan fingerprint density at radius 2 is 2.18 bits per heavy atom. The summed E-state index contributed by atoms with van der Waals surface area (Å²) in [4.78, 5) is 11.0. The van der Waals surface area contributed by atoms with Gasteiger partial charge >= 0.3 is 12.0 Å². The monoisotopic (exact) mass is 238 g/mol. The van der Waals surface area contributed by atoms with Crippen LogP contribution in [0, 0.1) is 11.3 Å². The number of ether oxygens (including phenoxy) is 1. The van der Waals surface area contributed by atoms with Crippen molar-refractivity contribution in [3.8, 4) is 6.07 Å². The van der Waals surface area contributed by atoms with E-state index >= 15 is 0 Å². The van der Waals surface area contributed by atoms with Crippen molar-refractivity contribution in [1.82, 2.24) is 5.32 Å². The average molecular weight is 238 g/mol. The maximum atomic E-state index is 13.6. The fourth-order valence-electron chi connectivity index (χ4n) is 1.67. The van der Waals surface area contributed by atoms with Crippen LogP contribution in [-0.4, -0.2) is 18.6 Å². The predicted octanol–water partition coefficient (Wildman–Crippen LogP) is 1.97. The Morgan fingerprint density at radius 1 is 1.47 bits per heavy atom. The van der Waals surface area contributed by atoms with E-state index in [0.29, 0.717) is 0 Å². The van der Waals surface area contributed by atoms with Crippen LogP contribution in [0.25, 0.3) is 0 Å². The second-order valence-corrected chi connectivity index (χ2v) is 3.61. The number of alkyl halides is 2. The first-order valence-electron chi connectivity index (χ1n) is 4.85. The number of nitrogens with one attached hydrogen (secondary N) is 1. The number of hydrogen-bond acceptors (Lipinski definition) is 3. The zero-order valence-electron chi connectivity index (χ0n) is 8.61. The van der Waals surface area contributed by atoms with E-state index < -0.39 is 24.7 Å². The molecule has 6 heteroatoms. The molecule has 1 heterocycles. The van der Waals surface area contributed by atoms with E-state index in [1.54, 1.807) is 6.07 Å². The maximum absolute atomic E-state index is 13.6. The zero-order chi connectivity index (χ0) is 12.5. The molecule has 1 amide bonds. The van der Waals surface area contributed by atoms with E-state index in [0.717, 1.165) is 0 Å². The third kappa shape index (κ3) is 2.04. The number of rotatable bonds is 1. The average Bonchev–Trinajstić information content (AvgIpc) is 2.32. The molecule has 0 saturated carbocycles. The first-order valence-corrected chi connectivity index (χ1v) is 4.85. The van der Waals surface area contributed by atoms with Crippen LogP contribution in [0.5, 0.6) is 0 Å². The highest BCUT2D eigenvalue weighted by Crippen LogP contribution is 2.35. The summed E-state index contributed by atoms with van der Waals surface area (Å²) in [5.74, 6) is -3.24. The van der Waals surface area contributed by atoms with Crippen LogP contribution in [0.4, 0.5) is 13.6 Å². The van der Waals surface area contributed by atoms with Crippen LogP contribution in [0.15, 0.2) is 24.3 Å². The Labute approximate surface area is 95.8 Å². The second kappa shape index (κ2) is 4.01. The molecule has 1 fully saturated rings. The van der Waals surface area contributed by atoms with Gasteiger partial charge in [-0.15, -0.1) is 0 Å². The molecule has 0 bridgehead atoms. The first kappa shape index (κ1) is 11.3. The fourth-order valence-corrected chi connectivity index (χ4v) is 1.67. The largest absolute Gasteiger partial charge is 0.443 e. The van der Waals surface area contributed by atoms with Gasteiger partial charge in [0.25, 0.3) is 0 Å². The minimum absolute atomic E-state index is 0.0941. The lowest BCUT2D eigenvalue weighted by atomic mass is 9.96. The molecule has 0 spiro atoms. The molecule has 0 unspecified atom stereocenters. The summed E-state index contributed by atoms with van der Waals surface area (Å²) < 4.78 is 31.4. The van der Waals surface area contributed by atoms with Gasteiger partial charge in [0.1, 0.15) is 6.04 Å². The Hall–Kier alpha value is -2.16. The zero-order valence-corrected chi connectivity index (χ0v) is 8.61. The lowest BCUT2D eigenvalue weighted by Gasteiger charge is -2.32. The number of hydrogen-bond donors (Lipinski definition) is 1. The highest BCUT2D eigenvalue weighted by molar-refractivity contribution is 5.69. The van der Waals surface area contributed by atoms with Crippen LogP contribution in [0.2, 0.25) is 0 Å². The minimum atomic E-state index is -3.24. The molecule has 1 aliphatic heterocycles. The minimum Gasteiger partial charge on any atom is -0.443 e. The lowest BCUT2D eigenvalue weighted by Crippen LogP contribution is -2.49. The molecule has 0 aromatic heterocycles. The molecular formula is C11H8F2N2O2. The van der Waals surface area contributed by atoms with Gasteiger partial charge in [0.15, 0.2) is 6.61 Å². The van der Waals surface area contributed by atoms with Gasteiger partial charge in [-0.3, -0.25) is 0 Å². The topological polar surface area (TPSA) is 62.1 Å². The molecule has 1 atom stereocenters. The van der Waals surface area contributed by atoms with Gasteiger partial charge in [-0.05, 0) is 11.6 Å². The summed E-state index contributed by atoms with van der Waals surface area (Å²) in [6.07, 6.45) is -0.909. The normalized spacial score (nSPS) is 22.2. The first-order chi connectivity index (χ1) is 8.04. The van der Waals surface area contributed by atoms with Crippen molar-refractivity contribution in [2.24, 2.45) is 0 Å². The Balaban J connectivity index is 2.44. The van der Waals surface area contributed by atoms with Gasteiger partial charge in [0.05, 0.1) is 11.6 Å². The quantitative estimate of drug-likeness (QED) is 0.813. The van der Waals surface area contributed by atoms with Gasteiger partial charge in [-0.1, -0.05) is 18.2 Å². The smallest absolute Gasteiger partial charge is 0.408 e. The van der Waals surface area contributed by atoms with Crippen LogP contribution in [0.3, 0.4) is 0 Å². The second-order valence-electron chi connectivity index (χ2n) is 3.61. The molecule has 0 aliphatic carbocycles. The molecule has 0 radical (unpaired) electrons. The number of amides is 1. The SMILES string of the molecule is N#Cc1ccccc1[C@@H]1NC(=O)OCC1(F)F. The van der Waals surface area contributed by atoms with E-state index in [1.165, 1.54) is 18.2 Å². The van der Waals surface area contributed by atoms with E-state index in [9.17, 15) is 13.6 Å². The number of cyclic esters (lactones) is 1. The third-order valence-corrected chi connectivity index (χ3v) is 2.47. The molecule has 17 heavy (non-hydrogen) atoms. The number of carbonyl (C=O) groups is 1. The summed E-state index contributed by atoms with van der Waals surface area (Å²) in [6.45, 7) is -0.983. The van der Waals surface area contributed by atoms with E-state index in [-0.39, 0.29) is 11.1 Å². The fraction of sp³-hybridized carbons (Fsp3) is 0.273. The number of nitriles is 1. The lowest BCUT2D eigenvalue weighted by molar-refractivity contribution is -0.104. The summed E-state index contributed by atoms with van der Waals surface area (Å²) in [5.41, 5.74) is 0.205. The summed E-state index contributed by atoms with van der Waals surface area (Å²) >= 11 is 0. The van der Waals surface area contributed by atoms with Crippen molar-refractivity contribution in [2.45, 2.75) is 12.0 Å². The predicted molar refractivity (Wildman–Crippen MR) is 53.3 cm³/mol. The highest BCUT2D eigenvalue weighted by Gasteiger charge is 2.47. The van der Waals surface area contributed by atoms with Gasteiger partial charge in [0, 0.05) is 0 Å². The standard InChI is InChI=1S/C11H8F2N2O2/c12-11(13)6-17-10(16)15-9(11)8-4-2-1-3-7(8)5-14/h1-4,9H,6H2,(H,15,16)/t9-/m0/s1. The van der Waals surface area contributed by atoms with Crippen molar-refractivity contribution in [3.63, 3.8) is 0 Å². The number of benzene rings is 1. The van der Waals surface area contributed by atoms with Crippen LogP contribution in [0.1, 0.15) is 17.2 Å². The molecule has 1 N–H and O–H groups in total. The Bertz CT molecular complexity index is 496. The van der Waals surface area contributed by atoms with Crippen LogP contribution in [-0.2, 0) is 4.74 Å². The maximum Gasteiger partial charge on any atom is 0.408 e.